The van der Waals surface area contributed by atoms with Gasteiger partial charge in [-0.1, -0.05) is 0 Å². The number of nitrogens with one attached hydrogen (secondary N) is 1. The maximum atomic E-state index is 14.9. The molecule has 0 aliphatic heterocycles. The Kier molecular flexibility index (Phi) is 4.75. The molecule has 4 aliphatic carbocycles. The third-order valence-electron chi connectivity index (χ3n) is 5.99. The molecule has 4 fully saturated rings. The number of carbonyl (C=O) groups excluding carboxylic acids is 1. The molecule has 1 aromatic heterocycles. The molecule has 0 amide bonds. The van der Waals surface area contributed by atoms with Crippen LogP contribution < -0.4 is 5.32 Å². The van der Waals surface area contributed by atoms with Gasteiger partial charge in [0.2, 0.25) is 5.28 Å². The first kappa shape index (κ1) is 17.9. The zero-order valence-corrected chi connectivity index (χ0v) is 15.3. The van der Waals surface area contributed by atoms with E-state index in [0.717, 1.165) is 25.7 Å². The van der Waals surface area contributed by atoms with Crippen LogP contribution in [0.2, 0.25) is 5.28 Å². The van der Waals surface area contributed by atoms with Crippen molar-refractivity contribution in [2.45, 2.75) is 57.2 Å². The van der Waals surface area contributed by atoms with Crippen molar-refractivity contribution in [1.82, 2.24) is 9.97 Å². The predicted molar refractivity (Wildman–Crippen MR) is 92.2 cm³/mol. The van der Waals surface area contributed by atoms with Crippen molar-refractivity contribution >= 4 is 23.4 Å². The minimum atomic E-state index is -1.08. The summed E-state index contributed by atoms with van der Waals surface area (Å²) in [6, 6.07) is -0.254. The zero-order valence-electron chi connectivity index (χ0n) is 14.6. The predicted octanol–water partition coefficient (Wildman–Crippen LogP) is 3.87. The fraction of sp³-hybridized carbons (Fsp3) is 0.722. The van der Waals surface area contributed by atoms with Crippen LogP contribution in [0, 0.1) is 23.6 Å². The van der Waals surface area contributed by atoms with E-state index in [9.17, 15) is 13.6 Å². The summed E-state index contributed by atoms with van der Waals surface area (Å²) >= 11 is 5.94. The second-order valence-corrected chi connectivity index (χ2v) is 7.86. The normalized spacial score (nSPS) is 35.2. The smallest absolute Gasteiger partial charge is 0.311 e. The third-order valence-corrected chi connectivity index (χ3v) is 6.16. The van der Waals surface area contributed by atoms with Crippen LogP contribution in [0.3, 0.4) is 0 Å². The number of esters is 1. The molecule has 142 valence electrons. The maximum absolute atomic E-state index is 14.9. The lowest BCUT2D eigenvalue weighted by atomic mass is 9.61. The van der Waals surface area contributed by atoms with E-state index in [0.29, 0.717) is 6.61 Å². The Morgan fingerprint density at radius 3 is 2.54 bits per heavy atom. The van der Waals surface area contributed by atoms with Crippen LogP contribution in [0.1, 0.15) is 50.6 Å². The monoisotopic (exact) mass is 385 g/mol. The molecule has 8 heteroatoms. The highest BCUT2D eigenvalue weighted by molar-refractivity contribution is 6.28. The van der Waals surface area contributed by atoms with Gasteiger partial charge in [0.05, 0.1) is 18.2 Å². The van der Waals surface area contributed by atoms with Crippen molar-refractivity contribution in [2.24, 2.45) is 17.8 Å². The van der Waals surface area contributed by atoms with Gasteiger partial charge in [0.25, 0.3) is 0 Å². The lowest BCUT2D eigenvalue weighted by Crippen LogP contribution is -2.52. The summed E-state index contributed by atoms with van der Waals surface area (Å²) in [6.07, 6.45) is 3.11. The standard InChI is InChI=1S/C18H22ClF2N3O2/c1-2-26-17(25)12-8-3-5-9(6-4-8)14(12)22-16-13(21)15(10-7-11(10)20)23-18(19)24-16/h8-12,14H,2-7H2,1H3,(H,22,23,24)/t8?,9?,10?,11?,12-,14-/m0/s1. The second-order valence-electron chi connectivity index (χ2n) is 7.52. The van der Waals surface area contributed by atoms with E-state index in [1.54, 1.807) is 6.92 Å². The van der Waals surface area contributed by atoms with Gasteiger partial charge >= 0.3 is 5.97 Å². The Labute approximate surface area is 155 Å². The molecule has 4 saturated carbocycles. The average molecular weight is 386 g/mol. The van der Waals surface area contributed by atoms with Gasteiger partial charge < -0.3 is 10.1 Å². The highest BCUT2D eigenvalue weighted by Gasteiger charge is 2.49. The summed E-state index contributed by atoms with van der Waals surface area (Å²) in [5.41, 5.74) is 0.0219. The van der Waals surface area contributed by atoms with Gasteiger partial charge in [0, 0.05) is 12.0 Å². The molecule has 2 unspecified atom stereocenters. The summed E-state index contributed by atoms with van der Waals surface area (Å²) in [5.74, 6) is -1.34. The molecule has 5 rings (SSSR count). The van der Waals surface area contributed by atoms with Crippen molar-refractivity contribution < 1.29 is 18.3 Å². The number of carbonyl (C=O) groups is 1. The summed E-state index contributed by atoms with van der Waals surface area (Å²) in [4.78, 5) is 20.4. The number of aromatic nitrogens is 2. The van der Waals surface area contributed by atoms with E-state index in [1.165, 1.54) is 0 Å². The van der Waals surface area contributed by atoms with Crippen molar-refractivity contribution in [3.05, 3.63) is 16.8 Å². The minimum Gasteiger partial charge on any atom is -0.466 e. The van der Waals surface area contributed by atoms with E-state index >= 15 is 0 Å². The fourth-order valence-corrected chi connectivity index (χ4v) is 4.79. The van der Waals surface area contributed by atoms with E-state index in [2.05, 4.69) is 15.3 Å². The number of fused-ring (bicyclic) bond motifs is 3. The molecular weight excluding hydrogens is 364 g/mol. The summed E-state index contributed by atoms with van der Waals surface area (Å²) < 4.78 is 33.5. The van der Waals surface area contributed by atoms with Gasteiger partial charge in [-0.3, -0.25) is 4.79 Å². The summed E-state index contributed by atoms with van der Waals surface area (Å²) in [5, 5.41) is 3.00. The molecule has 4 aliphatic rings. The molecular formula is C18H22ClF2N3O2. The van der Waals surface area contributed by atoms with Crippen molar-refractivity contribution in [2.75, 3.05) is 11.9 Å². The number of halogens is 3. The minimum absolute atomic E-state index is 0.0219. The second kappa shape index (κ2) is 6.91. The number of hydrogen-bond acceptors (Lipinski definition) is 5. The highest BCUT2D eigenvalue weighted by atomic mass is 35.5. The Morgan fingerprint density at radius 2 is 1.92 bits per heavy atom. The number of nitrogens with zero attached hydrogens (tertiary/aromatic N) is 2. The maximum Gasteiger partial charge on any atom is 0.311 e. The Bertz CT molecular complexity index is 712. The van der Waals surface area contributed by atoms with Crippen molar-refractivity contribution in [3.63, 3.8) is 0 Å². The zero-order chi connectivity index (χ0) is 18.4. The topological polar surface area (TPSA) is 64.1 Å². The average Bonchev–Trinajstić information content (AvgIpc) is 3.35. The van der Waals surface area contributed by atoms with Gasteiger partial charge in [-0.2, -0.15) is 4.98 Å². The molecule has 1 N–H and O–H groups in total. The lowest BCUT2D eigenvalue weighted by molar-refractivity contribution is -0.154. The first-order valence-electron chi connectivity index (χ1n) is 9.29. The summed E-state index contributed by atoms with van der Waals surface area (Å²) in [6.45, 7) is 2.09. The summed E-state index contributed by atoms with van der Waals surface area (Å²) in [7, 11) is 0. The first-order chi connectivity index (χ1) is 12.5. The molecule has 1 aromatic rings. The van der Waals surface area contributed by atoms with Crippen LogP contribution >= 0.6 is 11.6 Å². The first-order valence-corrected chi connectivity index (χ1v) is 9.67. The molecule has 5 nitrogen and oxygen atoms in total. The molecule has 0 saturated heterocycles. The SMILES string of the molecule is CCOC(=O)[C@H]1C2CCC(CC2)[C@@H]1Nc1nc(Cl)nc(C2CC2F)c1F. The van der Waals surface area contributed by atoms with Crippen LogP contribution in [0.4, 0.5) is 14.6 Å². The van der Waals surface area contributed by atoms with Gasteiger partial charge in [-0.25, -0.2) is 13.8 Å². The van der Waals surface area contributed by atoms with Crippen LogP contribution in [0.5, 0.6) is 0 Å². The Balaban J connectivity index is 1.62. The largest absolute Gasteiger partial charge is 0.466 e. The highest BCUT2D eigenvalue weighted by Crippen LogP contribution is 2.48. The van der Waals surface area contributed by atoms with Crippen LogP contribution in [0.25, 0.3) is 0 Å². The molecule has 0 aromatic carbocycles. The molecule has 0 radical (unpaired) electrons. The molecule has 2 bridgehead atoms. The molecule has 1 heterocycles. The quantitative estimate of drug-likeness (QED) is 0.615. The Hall–Kier alpha value is -1.50. The van der Waals surface area contributed by atoms with Crippen molar-refractivity contribution in [3.8, 4) is 0 Å². The van der Waals surface area contributed by atoms with Gasteiger partial charge in [0.1, 0.15) is 6.17 Å². The number of rotatable bonds is 5. The van der Waals surface area contributed by atoms with E-state index in [1.807, 2.05) is 0 Å². The van der Waals surface area contributed by atoms with E-state index in [-0.39, 0.29) is 53.0 Å². The van der Waals surface area contributed by atoms with Crippen LogP contribution in [-0.4, -0.2) is 34.8 Å². The molecule has 4 atom stereocenters. The number of anilines is 1. The van der Waals surface area contributed by atoms with Crippen LogP contribution in [0.15, 0.2) is 0 Å². The molecule has 26 heavy (non-hydrogen) atoms. The number of alkyl halides is 1. The van der Waals surface area contributed by atoms with Gasteiger partial charge in [-0.05, 0) is 62.5 Å². The van der Waals surface area contributed by atoms with E-state index < -0.39 is 17.9 Å². The van der Waals surface area contributed by atoms with Crippen LogP contribution in [-0.2, 0) is 9.53 Å². The Morgan fingerprint density at radius 1 is 1.27 bits per heavy atom. The third kappa shape index (κ3) is 3.15. The fourth-order valence-electron chi connectivity index (χ4n) is 4.62. The molecule has 0 spiro atoms. The number of hydrogen-bond donors (Lipinski definition) is 1. The van der Waals surface area contributed by atoms with Gasteiger partial charge in [0.15, 0.2) is 11.6 Å². The van der Waals surface area contributed by atoms with E-state index in [4.69, 9.17) is 16.3 Å². The van der Waals surface area contributed by atoms with Crippen molar-refractivity contribution in [1.29, 1.82) is 0 Å². The number of ether oxygens (including phenoxy) is 1. The van der Waals surface area contributed by atoms with Gasteiger partial charge in [-0.15, -0.1) is 0 Å². The lowest BCUT2D eigenvalue weighted by Gasteiger charge is -2.47.